The number of aromatic nitrogens is 2. The average Bonchev–Trinajstić information content (AvgIpc) is 2.83. The maximum Gasteiger partial charge on any atom is 0.340 e. The van der Waals surface area contributed by atoms with Gasteiger partial charge in [0.05, 0.1) is 5.69 Å². The number of carbonyl (C=O) groups is 1. The third-order valence-electron chi connectivity index (χ3n) is 3.31. The molecule has 1 aliphatic carbocycles. The van der Waals surface area contributed by atoms with E-state index in [0.717, 1.165) is 16.7 Å². The Balaban J connectivity index is 2.11. The maximum atomic E-state index is 11.2. The second kappa shape index (κ2) is 5.12. The standard InChI is InChI=1S/C12H18N2O2S/c1-8-10(12(15)16)11(14(2)13-8)17-7-9-5-3-4-6-9/h9H,3-7H2,1-2H3,(H,15,16). The molecule has 1 N–H and O–H groups in total. The van der Waals surface area contributed by atoms with E-state index in [9.17, 15) is 9.90 Å². The molecule has 0 unspecified atom stereocenters. The molecule has 0 bridgehead atoms. The Hall–Kier alpha value is -0.970. The number of aromatic carboxylic acids is 1. The molecule has 1 aromatic rings. The van der Waals surface area contributed by atoms with Crippen LogP contribution in [-0.2, 0) is 7.05 Å². The van der Waals surface area contributed by atoms with Crippen LogP contribution < -0.4 is 0 Å². The molecule has 4 nitrogen and oxygen atoms in total. The number of hydrogen-bond donors (Lipinski definition) is 1. The minimum Gasteiger partial charge on any atom is -0.478 e. The van der Waals surface area contributed by atoms with Gasteiger partial charge >= 0.3 is 5.97 Å². The molecule has 0 aliphatic heterocycles. The number of hydrogen-bond acceptors (Lipinski definition) is 3. The minimum absolute atomic E-state index is 0.371. The lowest BCUT2D eigenvalue weighted by Crippen LogP contribution is -2.03. The van der Waals surface area contributed by atoms with E-state index in [1.165, 1.54) is 25.7 Å². The second-order valence-electron chi connectivity index (χ2n) is 4.66. The second-order valence-corrected chi connectivity index (χ2v) is 5.66. The molecule has 0 atom stereocenters. The van der Waals surface area contributed by atoms with Gasteiger partial charge in [-0.1, -0.05) is 12.8 Å². The Kier molecular flexibility index (Phi) is 3.76. The number of rotatable bonds is 4. The lowest BCUT2D eigenvalue weighted by atomic mass is 10.1. The molecule has 1 aromatic heterocycles. The first-order chi connectivity index (χ1) is 8.09. The number of carboxylic acids is 1. The van der Waals surface area contributed by atoms with Crippen molar-refractivity contribution in [2.75, 3.05) is 5.75 Å². The van der Waals surface area contributed by atoms with E-state index < -0.39 is 5.97 Å². The Labute approximate surface area is 105 Å². The van der Waals surface area contributed by atoms with Gasteiger partial charge in [0.25, 0.3) is 0 Å². The van der Waals surface area contributed by atoms with Gasteiger partial charge in [-0.15, -0.1) is 11.8 Å². The summed E-state index contributed by atoms with van der Waals surface area (Å²) in [6.45, 7) is 1.75. The smallest absolute Gasteiger partial charge is 0.340 e. The fourth-order valence-electron chi connectivity index (χ4n) is 2.42. The van der Waals surface area contributed by atoms with E-state index in [-0.39, 0.29) is 0 Å². The van der Waals surface area contributed by atoms with Crippen LogP contribution in [0.15, 0.2) is 5.03 Å². The summed E-state index contributed by atoms with van der Waals surface area (Å²) in [5, 5.41) is 14.2. The molecule has 1 saturated carbocycles. The largest absolute Gasteiger partial charge is 0.478 e. The van der Waals surface area contributed by atoms with Gasteiger partial charge in [-0.25, -0.2) is 4.79 Å². The molecular weight excluding hydrogens is 236 g/mol. The Bertz CT molecular complexity index is 422. The van der Waals surface area contributed by atoms with Crippen LogP contribution in [0.2, 0.25) is 0 Å². The van der Waals surface area contributed by atoms with Crippen LogP contribution in [0.25, 0.3) is 0 Å². The topological polar surface area (TPSA) is 55.1 Å². The zero-order valence-corrected chi connectivity index (χ0v) is 11.1. The lowest BCUT2D eigenvalue weighted by molar-refractivity contribution is 0.0692. The minimum atomic E-state index is -0.871. The van der Waals surface area contributed by atoms with Gasteiger partial charge in [0, 0.05) is 12.8 Å². The third kappa shape index (κ3) is 2.65. The van der Waals surface area contributed by atoms with Crippen molar-refractivity contribution in [3.63, 3.8) is 0 Å². The summed E-state index contributed by atoms with van der Waals surface area (Å²) in [4.78, 5) is 11.2. The predicted molar refractivity (Wildman–Crippen MR) is 67.6 cm³/mol. The monoisotopic (exact) mass is 254 g/mol. The lowest BCUT2D eigenvalue weighted by Gasteiger charge is -2.08. The van der Waals surface area contributed by atoms with Crippen LogP contribution in [-0.4, -0.2) is 26.6 Å². The van der Waals surface area contributed by atoms with Crippen LogP contribution in [0.3, 0.4) is 0 Å². The van der Waals surface area contributed by atoms with Crippen LogP contribution >= 0.6 is 11.8 Å². The van der Waals surface area contributed by atoms with Gasteiger partial charge in [-0.05, 0) is 25.7 Å². The van der Waals surface area contributed by atoms with Crippen LogP contribution in [0.1, 0.15) is 41.7 Å². The van der Waals surface area contributed by atoms with Crippen LogP contribution in [0.4, 0.5) is 0 Å². The molecule has 1 aliphatic rings. The maximum absolute atomic E-state index is 11.2. The van der Waals surface area contributed by atoms with Gasteiger partial charge in [-0.3, -0.25) is 4.68 Å². The molecule has 5 heteroatoms. The molecule has 0 amide bonds. The molecule has 0 saturated heterocycles. The number of carboxylic acid groups (broad SMARTS) is 1. The van der Waals surface area contributed by atoms with E-state index in [2.05, 4.69) is 5.10 Å². The molecule has 2 rings (SSSR count). The van der Waals surface area contributed by atoms with Crippen molar-refractivity contribution in [1.82, 2.24) is 9.78 Å². The predicted octanol–water partition coefficient (Wildman–Crippen LogP) is 2.71. The van der Waals surface area contributed by atoms with Gasteiger partial charge in [-0.2, -0.15) is 5.10 Å². The van der Waals surface area contributed by atoms with Gasteiger partial charge in [0.15, 0.2) is 0 Å². The molecular formula is C12H18N2O2S. The highest BCUT2D eigenvalue weighted by atomic mass is 32.2. The fraction of sp³-hybridized carbons (Fsp3) is 0.667. The first kappa shape index (κ1) is 12.5. The van der Waals surface area contributed by atoms with Gasteiger partial charge in [0.1, 0.15) is 10.6 Å². The summed E-state index contributed by atoms with van der Waals surface area (Å²) in [7, 11) is 1.82. The van der Waals surface area contributed by atoms with E-state index >= 15 is 0 Å². The van der Waals surface area contributed by atoms with Crippen molar-refractivity contribution in [3.8, 4) is 0 Å². The van der Waals surface area contributed by atoms with E-state index in [4.69, 9.17) is 0 Å². The Morgan fingerprint density at radius 3 is 2.76 bits per heavy atom. The zero-order chi connectivity index (χ0) is 12.4. The van der Waals surface area contributed by atoms with E-state index in [0.29, 0.717) is 11.3 Å². The van der Waals surface area contributed by atoms with Crippen molar-refractivity contribution in [2.45, 2.75) is 37.6 Å². The van der Waals surface area contributed by atoms with Crippen molar-refractivity contribution < 1.29 is 9.90 Å². The molecule has 94 valence electrons. The Morgan fingerprint density at radius 1 is 1.53 bits per heavy atom. The highest BCUT2D eigenvalue weighted by Gasteiger charge is 2.22. The number of thioether (sulfide) groups is 1. The Morgan fingerprint density at radius 2 is 2.18 bits per heavy atom. The van der Waals surface area contributed by atoms with Crippen molar-refractivity contribution >= 4 is 17.7 Å². The molecule has 0 radical (unpaired) electrons. The molecule has 1 fully saturated rings. The summed E-state index contributed by atoms with van der Waals surface area (Å²) in [6, 6.07) is 0. The van der Waals surface area contributed by atoms with Crippen LogP contribution in [0, 0.1) is 12.8 Å². The molecule has 0 spiro atoms. The zero-order valence-electron chi connectivity index (χ0n) is 10.3. The summed E-state index contributed by atoms with van der Waals surface area (Å²) in [5.41, 5.74) is 0.976. The number of nitrogens with zero attached hydrogens (tertiary/aromatic N) is 2. The van der Waals surface area contributed by atoms with Gasteiger partial charge < -0.3 is 5.11 Å². The van der Waals surface area contributed by atoms with Crippen molar-refractivity contribution in [2.24, 2.45) is 13.0 Å². The molecule has 17 heavy (non-hydrogen) atoms. The summed E-state index contributed by atoms with van der Waals surface area (Å²) < 4.78 is 1.69. The summed E-state index contributed by atoms with van der Waals surface area (Å²) in [5.74, 6) is 0.889. The highest BCUT2D eigenvalue weighted by Crippen LogP contribution is 2.32. The highest BCUT2D eigenvalue weighted by molar-refractivity contribution is 7.99. The quantitative estimate of drug-likeness (QED) is 0.839. The fourth-order valence-corrected chi connectivity index (χ4v) is 3.76. The summed E-state index contributed by atoms with van der Waals surface area (Å²) in [6.07, 6.45) is 5.21. The first-order valence-electron chi connectivity index (χ1n) is 5.99. The van der Waals surface area contributed by atoms with Crippen LogP contribution in [0.5, 0.6) is 0 Å². The first-order valence-corrected chi connectivity index (χ1v) is 6.98. The number of aryl methyl sites for hydroxylation is 2. The van der Waals surface area contributed by atoms with E-state index in [1.807, 2.05) is 7.05 Å². The van der Waals surface area contributed by atoms with Gasteiger partial charge in [0.2, 0.25) is 0 Å². The normalized spacial score (nSPS) is 16.6. The molecule has 0 aromatic carbocycles. The SMILES string of the molecule is Cc1nn(C)c(SCC2CCCC2)c1C(=O)O. The van der Waals surface area contributed by atoms with Crippen molar-refractivity contribution in [1.29, 1.82) is 0 Å². The average molecular weight is 254 g/mol. The van der Waals surface area contributed by atoms with E-state index in [1.54, 1.807) is 23.4 Å². The van der Waals surface area contributed by atoms with Crippen molar-refractivity contribution in [3.05, 3.63) is 11.3 Å². The molecule has 1 heterocycles. The summed E-state index contributed by atoms with van der Waals surface area (Å²) >= 11 is 1.64. The third-order valence-corrected chi connectivity index (χ3v) is 4.69.